The zero-order valence-corrected chi connectivity index (χ0v) is 23.9. The number of rotatable bonds is 14. The van der Waals surface area contributed by atoms with Gasteiger partial charge in [-0.25, -0.2) is 4.79 Å². The monoisotopic (exact) mass is 593 g/mol. The molecule has 0 aromatic heterocycles. The molecule has 0 spiro atoms. The summed E-state index contributed by atoms with van der Waals surface area (Å²) in [6, 6.07) is 21.7. The number of hydrogen-bond donors (Lipinski definition) is 4. The van der Waals surface area contributed by atoms with Crippen LogP contribution in [0.2, 0.25) is 0 Å². The molecular weight excluding hydrogens is 558 g/mol. The highest BCUT2D eigenvalue weighted by Gasteiger charge is 2.32. The van der Waals surface area contributed by atoms with Gasteiger partial charge in [0.25, 0.3) is 0 Å². The van der Waals surface area contributed by atoms with Gasteiger partial charge in [-0.2, -0.15) is 0 Å². The van der Waals surface area contributed by atoms with Crippen molar-refractivity contribution in [1.82, 2.24) is 0 Å². The van der Waals surface area contributed by atoms with Crippen molar-refractivity contribution in [2.45, 2.75) is 68.5 Å². The molecule has 3 aromatic rings. The van der Waals surface area contributed by atoms with Crippen molar-refractivity contribution in [1.29, 1.82) is 0 Å². The minimum Gasteiger partial charge on any atom is -0.481 e. The van der Waals surface area contributed by atoms with E-state index in [2.05, 4.69) is 5.32 Å². The average molecular weight is 594 g/mol. The number of aromatic carboxylic acids is 1. The maximum absolute atomic E-state index is 12.5. The Bertz CT molecular complexity index is 1360. The van der Waals surface area contributed by atoms with E-state index in [1.165, 1.54) is 11.8 Å². The van der Waals surface area contributed by atoms with E-state index < -0.39 is 18.2 Å². The van der Waals surface area contributed by atoms with E-state index in [4.69, 9.17) is 14.6 Å². The molecule has 4 N–H and O–H groups in total. The zero-order chi connectivity index (χ0) is 29.9. The number of thioether (sulfide) groups is 1. The minimum absolute atomic E-state index is 0.0549. The van der Waals surface area contributed by atoms with Gasteiger partial charge in [0, 0.05) is 41.2 Å². The predicted octanol–water partition coefficient (Wildman–Crippen LogP) is 6.19. The molecule has 1 aliphatic rings. The van der Waals surface area contributed by atoms with Crippen LogP contribution in [-0.2, 0) is 25.7 Å². The fraction of sp³-hybridized carbons (Fsp3) is 0.344. The van der Waals surface area contributed by atoms with Crippen molar-refractivity contribution in [3.8, 4) is 0 Å². The second-order valence-corrected chi connectivity index (χ2v) is 11.2. The first-order valence-electron chi connectivity index (χ1n) is 13.9. The number of aliphatic carboxylic acids is 1. The normalized spacial score (nSPS) is 18.4. The van der Waals surface area contributed by atoms with Gasteiger partial charge in [-0.05, 0) is 48.2 Å². The smallest absolute Gasteiger partial charge is 0.336 e. The minimum atomic E-state index is -0.982. The molecule has 3 atom stereocenters. The summed E-state index contributed by atoms with van der Waals surface area (Å²) in [5, 5.41) is 30.7. The molecule has 1 fully saturated rings. The predicted molar refractivity (Wildman–Crippen MR) is 158 cm³/mol. The maximum atomic E-state index is 12.5. The number of carboxylic acids is 2. The SMILES string of the molecule is O=C(O)CCCCCC(=O)Nc1cccc(C2OC(CSc3ccccc3C(=O)O)CC(c3ccc(CO)cc3)O2)c1. The number of carbonyl (C=O) groups excluding carboxylic acids is 1. The van der Waals surface area contributed by atoms with Crippen molar-refractivity contribution in [2.75, 3.05) is 11.1 Å². The number of unbranched alkanes of at least 4 members (excludes halogenated alkanes) is 2. The number of benzene rings is 3. The second-order valence-electron chi connectivity index (χ2n) is 10.1. The molecule has 42 heavy (non-hydrogen) atoms. The van der Waals surface area contributed by atoms with Gasteiger partial charge >= 0.3 is 11.9 Å². The summed E-state index contributed by atoms with van der Waals surface area (Å²) in [4.78, 5) is 35.5. The second kappa shape index (κ2) is 15.5. The molecule has 3 unspecified atom stereocenters. The van der Waals surface area contributed by atoms with Crippen LogP contribution >= 0.6 is 11.8 Å². The molecule has 1 amide bonds. The highest BCUT2D eigenvalue weighted by molar-refractivity contribution is 7.99. The van der Waals surface area contributed by atoms with Gasteiger partial charge in [0.1, 0.15) is 0 Å². The summed E-state index contributed by atoms with van der Waals surface area (Å²) >= 11 is 1.42. The molecular formula is C32H35NO8S. The van der Waals surface area contributed by atoms with E-state index in [0.29, 0.717) is 48.4 Å². The Kier molecular flexibility index (Phi) is 11.5. The molecule has 0 bridgehead atoms. The van der Waals surface area contributed by atoms with Crippen molar-refractivity contribution in [3.05, 3.63) is 95.1 Å². The summed E-state index contributed by atoms with van der Waals surface area (Å²) in [6.45, 7) is -0.0549. The molecule has 9 nitrogen and oxygen atoms in total. The van der Waals surface area contributed by atoms with Gasteiger partial charge in [-0.15, -0.1) is 11.8 Å². The quantitative estimate of drug-likeness (QED) is 0.127. The molecule has 0 aliphatic carbocycles. The Balaban J connectivity index is 1.46. The van der Waals surface area contributed by atoms with Gasteiger partial charge in [0.2, 0.25) is 5.91 Å². The van der Waals surface area contributed by atoms with E-state index in [1.54, 1.807) is 24.3 Å². The fourth-order valence-electron chi connectivity index (χ4n) is 4.70. The molecule has 3 aromatic carbocycles. The lowest BCUT2D eigenvalue weighted by Crippen LogP contribution is -2.31. The number of aliphatic hydroxyl groups excluding tert-OH is 1. The van der Waals surface area contributed by atoms with Crippen LogP contribution in [0.15, 0.2) is 77.7 Å². The van der Waals surface area contributed by atoms with E-state index in [-0.39, 0.29) is 36.7 Å². The molecule has 0 saturated carbocycles. The first kappa shape index (κ1) is 31.2. The van der Waals surface area contributed by atoms with E-state index in [0.717, 1.165) is 16.7 Å². The number of aliphatic hydroxyl groups is 1. The van der Waals surface area contributed by atoms with Crippen LogP contribution in [0.3, 0.4) is 0 Å². The Morgan fingerprint density at radius 3 is 2.36 bits per heavy atom. The van der Waals surface area contributed by atoms with Gasteiger partial charge in [-0.3, -0.25) is 9.59 Å². The standard InChI is InChI=1S/C32H35NO8S/c34-19-21-13-15-22(16-14-21)27-18-25(20-42-28-10-5-4-9-26(28)31(38)39)40-32(41-27)23-7-6-8-24(17-23)33-29(35)11-2-1-3-12-30(36)37/h4-10,13-17,25,27,32,34H,1-3,11-12,18-20H2,(H,33,35)(H,36,37)(H,38,39). The topological polar surface area (TPSA) is 142 Å². The Morgan fingerprint density at radius 2 is 1.62 bits per heavy atom. The van der Waals surface area contributed by atoms with Crippen LogP contribution in [-0.4, -0.2) is 45.0 Å². The number of carboxylic acid groups (broad SMARTS) is 2. The Hall–Kier alpha value is -3.70. The maximum Gasteiger partial charge on any atom is 0.336 e. The highest BCUT2D eigenvalue weighted by atomic mass is 32.2. The summed E-state index contributed by atoms with van der Waals surface area (Å²) in [5.41, 5.74) is 3.31. The molecule has 222 valence electrons. The molecule has 4 rings (SSSR count). The van der Waals surface area contributed by atoms with Crippen LogP contribution in [0.1, 0.15) is 78.0 Å². The number of anilines is 1. The van der Waals surface area contributed by atoms with Crippen LogP contribution in [0.25, 0.3) is 0 Å². The molecule has 1 aliphatic heterocycles. The van der Waals surface area contributed by atoms with Gasteiger partial charge in [0.15, 0.2) is 6.29 Å². The number of nitrogens with one attached hydrogen (secondary N) is 1. The van der Waals surface area contributed by atoms with Crippen LogP contribution in [0.4, 0.5) is 5.69 Å². The number of hydrogen-bond acceptors (Lipinski definition) is 7. The number of ether oxygens (including phenoxy) is 2. The third kappa shape index (κ3) is 9.15. The van der Waals surface area contributed by atoms with Crippen molar-refractivity contribution < 1.29 is 39.2 Å². The van der Waals surface area contributed by atoms with E-state index in [1.807, 2.05) is 48.5 Å². The molecule has 0 radical (unpaired) electrons. The molecule has 1 saturated heterocycles. The van der Waals surface area contributed by atoms with Crippen molar-refractivity contribution in [2.24, 2.45) is 0 Å². The van der Waals surface area contributed by atoms with Gasteiger partial charge in [0.05, 0.1) is 24.4 Å². The fourth-order valence-corrected chi connectivity index (χ4v) is 5.77. The van der Waals surface area contributed by atoms with Crippen LogP contribution in [0.5, 0.6) is 0 Å². The third-order valence-corrected chi connectivity index (χ3v) is 8.10. The van der Waals surface area contributed by atoms with Gasteiger partial charge in [-0.1, -0.05) is 55.0 Å². The van der Waals surface area contributed by atoms with E-state index >= 15 is 0 Å². The van der Waals surface area contributed by atoms with Crippen LogP contribution < -0.4 is 5.32 Å². The number of carbonyl (C=O) groups is 3. The van der Waals surface area contributed by atoms with Crippen molar-refractivity contribution >= 4 is 35.3 Å². The van der Waals surface area contributed by atoms with E-state index in [9.17, 15) is 24.6 Å². The summed E-state index contributed by atoms with van der Waals surface area (Å²) in [6.07, 6.45) is 1.47. The lowest BCUT2D eigenvalue weighted by Gasteiger charge is -2.36. The lowest BCUT2D eigenvalue weighted by atomic mass is 10.0. The summed E-state index contributed by atoms with van der Waals surface area (Å²) in [7, 11) is 0. The first-order chi connectivity index (χ1) is 20.3. The van der Waals surface area contributed by atoms with Gasteiger partial charge < -0.3 is 30.1 Å². The van der Waals surface area contributed by atoms with Crippen molar-refractivity contribution in [3.63, 3.8) is 0 Å². The lowest BCUT2D eigenvalue weighted by molar-refractivity contribution is -0.245. The number of amides is 1. The Labute approximate surface area is 248 Å². The first-order valence-corrected chi connectivity index (χ1v) is 14.9. The van der Waals surface area contributed by atoms with Crippen LogP contribution in [0, 0.1) is 0 Å². The molecule has 10 heteroatoms. The largest absolute Gasteiger partial charge is 0.481 e. The molecule has 1 heterocycles. The Morgan fingerprint density at radius 1 is 0.857 bits per heavy atom. The highest BCUT2D eigenvalue weighted by Crippen LogP contribution is 2.40. The summed E-state index contributed by atoms with van der Waals surface area (Å²) < 4.78 is 12.8. The summed E-state index contributed by atoms with van der Waals surface area (Å²) in [5.74, 6) is -1.46. The average Bonchev–Trinajstić information content (AvgIpc) is 3.00. The zero-order valence-electron chi connectivity index (χ0n) is 23.1. The third-order valence-electron chi connectivity index (χ3n) is 6.89.